The molecule has 0 spiro atoms. The number of hydrogen-bond acceptors (Lipinski definition) is 6. The van der Waals surface area contributed by atoms with E-state index in [1.807, 2.05) is 25.2 Å². The standard InChI is InChI=1S/C22H20N2O2S2/c1-12-7-8-15-14(9-18(25)26-20(15)13(12)2)10-27-21-19-16-5-3-4-6-17(16)28-22(19)24-11-23-21/h7-9,11H,3-6,10H2,1-2H3. The molecule has 0 unspecified atom stereocenters. The van der Waals surface area contributed by atoms with Crippen molar-refractivity contribution < 1.29 is 4.42 Å². The van der Waals surface area contributed by atoms with Gasteiger partial charge in [-0.1, -0.05) is 12.1 Å². The third kappa shape index (κ3) is 2.95. The highest BCUT2D eigenvalue weighted by Crippen LogP contribution is 2.40. The van der Waals surface area contributed by atoms with Crippen molar-refractivity contribution in [3.63, 3.8) is 0 Å². The molecular formula is C22H20N2O2S2. The predicted molar refractivity (Wildman–Crippen MR) is 116 cm³/mol. The molecule has 0 radical (unpaired) electrons. The molecule has 1 aromatic carbocycles. The van der Waals surface area contributed by atoms with Crippen molar-refractivity contribution in [1.82, 2.24) is 9.97 Å². The Morgan fingerprint density at radius 3 is 2.93 bits per heavy atom. The van der Waals surface area contributed by atoms with Crippen LogP contribution in [0.1, 0.15) is 40.0 Å². The Hall–Kier alpha value is -2.18. The van der Waals surface area contributed by atoms with E-state index in [1.54, 1.807) is 24.2 Å². The topological polar surface area (TPSA) is 56.0 Å². The van der Waals surface area contributed by atoms with Gasteiger partial charge in [0.15, 0.2) is 0 Å². The molecule has 0 amide bonds. The fraction of sp³-hybridized carbons (Fsp3) is 0.318. The van der Waals surface area contributed by atoms with Crippen molar-refractivity contribution in [1.29, 1.82) is 0 Å². The lowest BCUT2D eigenvalue weighted by atomic mass is 9.97. The molecule has 3 aromatic heterocycles. The van der Waals surface area contributed by atoms with Gasteiger partial charge in [0.2, 0.25) is 0 Å². The van der Waals surface area contributed by atoms with Crippen LogP contribution in [0.2, 0.25) is 0 Å². The van der Waals surface area contributed by atoms with Crippen LogP contribution in [0.25, 0.3) is 21.2 Å². The maximum Gasteiger partial charge on any atom is 0.336 e. The average molecular weight is 409 g/mol. The number of benzene rings is 1. The lowest BCUT2D eigenvalue weighted by molar-refractivity contribution is 0.557. The van der Waals surface area contributed by atoms with Crippen LogP contribution >= 0.6 is 23.1 Å². The molecule has 0 N–H and O–H groups in total. The molecule has 0 bridgehead atoms. The fourth-order valence-corrected chi connectivity index (χ4v) is 6.27. The van der Waals surface area contributed by atoms with Crippen LogP contribution in [-0.4, -0.2) is 9.97 Å². The number of nitrogens with zero attached hydrogens (tertiary/aromatic N) is 2. The van der Waals surface area contributed by atoms with Gasteiger partial charge in [0.05, 0.1) is 0 Å². The van der Waals surface area contributed by atoms with Gasteiger partial charge >= 0.3 is 5.63 Å². The highest BCUT2D eigenvalue weighted by molar-refractivity contribution is 7.98. The highest BCUT2D eigenvalue weighted by Gasteiger charge is 2.20. The van der Waals surface area contributed by atoms with E-state index >= 15 is 0 Å². The summed E-state index contributed by atoms with van der Waals surface area (Å²) in [6.07, 6.45) is 6.44. The van der Waals surface area contributed by atoms with Crippen LogP contribution in [-0.2, 0) is 18.6 Å². The number of aryl methyl sites for hydroxylation is 4. The van der Waals surface area contributed by atoms with Crippen molar-refractivity contribution in [2.75, 3.05) is 0 Å². The lowest BCUT2D eigenvalue weighted by Gasteiger charge is -2.12. The molecule has 0 saturated heterocycles. The number of rotatable bonds is 3. The summed E-state index contributed by atoms with van der Waals surface area (Å²) < 4.78 is 5.51. The van der Waals surface area contributed by atoms with Crippen LogP contribution in [0, 0.1) is 13.8 Å². The summed E-state index contributed by atoms with van der Waals surface area (Å²) in [6.45, 7) is 4.04. The fourth-order valence-electron chi connectivity index (χ4n) is 3.96. The van der Waals surface area contributed by atoms with Gasteiger partial charge in [-0.3, -0.25) is 0 Å². The third-order valence-electron chi connectivity index (χ3n) is 5.60. The van der Waals surface area contributed by atoms with Gasteiger partial charge < -0.3 is 4.42 Å². The number of fused-ring (bicyclic) bond motifs is 4. The Balaban J connectivity index is 1.56. The highest BCUT2D eigenvalue weighted by atomic mass is 32.2. The van der Waals surface area contributed by atoms with E-state index in [4.69, 9.17) is 4.42 Å². The molecule has 1 aliphatic rings. The number of aromatic nitrogens is 2. The molecule has 0 saturated carbocycles. The Morgan fingerprint density at radius 2 is 2.04 bits per heavy atom. The Morgan fingerprint density at radius 1 is 1.18 bits per heavy atom. The molecule has 1 aliphatic carbocycles. The van der Waals surface area contributed by atoms with Crippen molar-refractivity contribution in [2.24, 2.45) is 0 Å². The summed E-state index contributed by atoms with van der Waals surface area (Å²) in [5.74, 6) is 0.682. The Kier molecular flexibility index (Phi) is 4.48. The monoisotopic (exact) mass is 408 g/mol. The van der Waals surface area contributed by atoms with E-state index in [2.05, 4.69) is 22.1 Å². The normalized spacial score (nSPS) is 13.9. The van der Waals surface area contributed by atoms with Crippen LogP contribution < -0.4 is 5.63 Å². The van der Waals surface area contributed by atoms with Crippen molar-refractivity contribution in [2.45, 2.75) is 50.3 Å². The lowest BCUT2D eigenvalue weighted by Crippen LogP contribution is -2.02. The first-order valence-electron chi connectivity index (χ1n) is 9.53. The maximum atomic E-state index is 12.1. The average Bonchev–Trinajstić information content (AvgIpc) is 3.08. The van der Waals surface area contributed by atoms with E-state index in [9.17, 15) is 4.79 Å². The quantitative estimate of drug-likeness (QED) is 0.251. The van der Waals surface area contributed by atoms with Crippen LogP contribution in [0.15, 0.2) is 38.8 Å². The van der Waals surface area contributed by atoms with Gasteiger partial charge in [0.25, 0.3) is 0 Å². The first kappa shape index (κ1) is 17.9. The largest absolute Gasteiger partial charge is 0.422 e. The second-order valence-electron chi connectivity index (χ2n) is 7.33. The molecule has 4 aromatic rings. The van der Waals surface area contributed by atoms with Crippen LogP contribution in [0.4, 0.5) is 0 Å². The van der Waals surface area contributed by atoms with E-state index in [-0.39, 0.29) is 5.63 Å². The summed E-state index contributed by atoms with van der Waals surface area (Å²) in [4.78, 5) is 23.8. The Labute approximate surface area is 171 Å². The molecule has 6 heteroatoms. The van der Waals surface area contributed by atoms with Gasteiger partial charge in [-0.2, -0.15) is 0 Å². The van der Waals surface area contributed by atoms with Gasteiger partial charge in [-0.05, 0) is 61.8 Å². The zero-order valence-electron chi connectivity index (χ0n) is 15.9. The van der Waals surface area contributed by atoms with Crippen molar-refractivity contribution >= 4 is 44.3 Å². The SMILES string of the molecule is Cc1ccc2c(CSc3ncnc4sc5c(c34)CCCC5)cc(=O)oc2c1C. The summed E-state index contributed by atoms with van der Waals surface area (Å²) in [5.41, 5.74) is 5.00. The summed E-state index contributed by atoms with van der Waals surface area (Å²) in [7, 11) is 0. The summed E-state index contributed by atoms with van der Waals surface area (Å²) >= 11 is 3.50. The maximum absolute atomic E-state index is 12.1. The molecule has 4 nitrogen and oxygen atoms in total. The molecule has 0 aliphatic heterocycles. The van der Waals surface area contributed by atoms with Gasteiger partial charge in [0, 0.05) is 27.5 Å². The minimum absolute atomic E-state index is 0.294. The Bertz CT molecular complexity index is 1270. The number of hydrogen-bond donors (Lipinski definition) is 0. The minimum atomic E-state index is -0.294. The van der Waals surface area contributed by atoms with Gasteiger partial charge in [0.1, 0.15) is 21.8 Å². The van der Waals surface area contributed by atoms with Crippen molar-refractivity contribution in [3.8, 4) is 0 Å². The first-order chi connectivity index (χ1) is 13.6. The van der Waals surface area contributed by atoms with Crippen LogP contribution in [0.5, 0.6) is 0 Å². The molecular weight excluding hydrogens is 388 g/mol. The zero-order chi connectivity index (χ0) is 19.3. The minimum Gasteiger partial charge on any atom is -0.422 e. The molecule has 0 fully saturated rings. The predicted octanol–water partition coefficient (Wildman–Crippen LogP) is 5.59. The van der Waals surface area contributed by atoms with Crippen molar-refractivity contribution in [3.05, 3.63) is 62.1 Å². The smallest absolute Gasteiger partial charge is 0.336 e. The first-order valence-corrected chi connectivity index (χ1v) is 11.3. The van der Waals surface area contributed by atoms with E-state index in [0.717, 1.165) is 44.8 Å². The number of thioether (sulfide) groups is 1. The molecule has 5 rings (SSSR count). The second-order valence-corrected chi connectivity index (χ2v) is 9.38. The molecule has 0 atom stereocenters. The molecule has 3 heterocycles. The van der Waals surface area contributed by atoms with E-state index in [1.165, 1.54) is 28.7 Å². The third-order valence-corrected chi connectivity index (χ3v) is 7.84. The second kappa shape index (κ2) is 7.01. The van der Waals surface area contributed by atoms with E-state index in [0.29, 0.717) is 11.3 Å². The van der Waals surface area contributed by atoms with Crippen LogP contribution in [0.3, 0.4) is 0 Å². The molecule has 28 heavy (non-hydrogen) atoms. The van der Waals surface area contributed by atoms with Gasteiger partial charge in [-0.25, -0.2) is 14.8 Å². The summed E-state index contributed by atoms with van der Waals surface area (Å²) in [5, 5.41) is 3.26. The zero-order valence-corrected chi connectivity index (χ0v) is 17.5. The summed E-state index contributed by atoms with van der Waals surface area (Å²) in [6, 6.07) is 5.76. The number of thiophene rings is 1. The molecule has 142 valence electrons. The van der Waals surface area contributed by atoms with Gasteiger partial charge in [-0.15, -0.1) is 23.1 Å². The van der Waals surface area contributed by atoms with E-state index < -0.39 is 0 Å².